The molecular formula is C21H21N5OS. The number of amidine groups is 2. The molecule has 4 rings (SSSR count). The molecule has 0 aliphatic carbocycles. The molecule has 1 amide bonds. The quantitative estimate of drug-likeness (QED) is 0.774. The molecule has 0 unspecified atom stereocenters. The van der Waals surface area contributed by atoms with Gasteiger partial charge in [-0.3, -0.25) is 10.2 Å². The van der Waals surface area contributed by atoms with Crippen LogP contribution < -0.4 is 0 Å². The molecule has 0 spiro atoms. The van der Waals surface area contributed by atoms with Crippen LogP contribution in [0.2, 0.25) is 0 Å². The average molecular weight is 392 g/mol. The molecule has 0 bridgehead atoms. The van der Waals surface area contributed by atoms with Crippen LogP contribution in [-0.2, 0) is 4.79 Å². The minimum atomic E-state index is -0.398. The van der Waals surface area contributed by atoms with E-state index < -0.39 is 5.91 Å². The van der Waals surface area contributed by atoms with Crippen LogP contribution in [0.4, 0.5) is 0 Å². The van der Waals surface area contributed by atoms with E-state index in [2.05, 4.69) is 46.7 Å². The van der Waals surface area contributed by atoms with Crippen LogP contribution >= 0.6 is 11.8 Å². The summed E-state index contributed by atoms with van der Waals surface area (Å²) in [4.78, 5) is 16.6. The minimum absolute atomic E-state index is 0.0654. The first-order chi connectivity index (χ1) is 13.3. The Bertz CT molecular complexity index is 1140. The van der Waals surface area contributed by atoms with Crippen molar-refractivity contribution in [2.24, 2.45) is 10.1 Å². The van der Waals surface area contributed by atoms with Gasteiger partial charge in [0, 0.05) is 17.1 Å². The van der Waals surface area contributed by atoms with Gasteiger partial charge < -0.3 is 4.57 Å². The lowest BCUT2D eigenvalue weighted by Crippen LogP contribution is -2.35. The molecule has 0 atom stereocenters. The Morgan fingerprint density at radius 3 is 2.57 bits per heavy atom. The number of carbonyl (C=O) groups excluding carboxylic acids is 1. The molecule has 0 saturated heterocycles. The van der Waals surface area contributed by atoms with Gasteiger partial charge in [-0.05, 0) is 75.7 Å². The second kappa shape index (κ2) is 6.60. The fourth-order valence-corrected chi connectivity index (χ4v) is 4.34. The predicted molar refractivity (Wildman–Crippen MR) is 115 cm³/mol. The third kappa shape index (κ3) is 2.92. The van der Waals surface area contributed by atoms with Gasteiger partial charge in [0.2, 0.25) is 5.17 Å². The lowest BCUT2D eigenvalue weighted by Gasteiger charge is -2.20. The first-order valence-corrected chi connectivity index (χ1v) is 9.81. The molecule has 2 aromatic rings. The molecule has 2 aliphatic rings. The van der Waals surface area contributed by atoms with Crippen LogP contribution in [0.25, 0.3) is 11.8 Å². The van der Waals surface area contributed by atoms with Gasteiger partial charge in [0.15, 0.2) is 5.84 Å². The molecule has 0 saturated carbocycles. The van der Waals surface area contributed by atoms with Crippen LogP contribution in [-0.4, -0.2) is 31.5 Å². The van der Waals surface area contributed by atoms with Crippen LogP contribution in [0.3, 0.4) is 0 Å². The maximum Gasteiger partial charge on any atom is 0.283 e. The SMILES string of the molecule is CC1=NN2C(=N)C(=Cc3cc(C)n(-c4ccc(C)cc4C)c3C)C(=O)N=C2S1. The number of fused-ring (bicyclic) bond motifs is 1. The molecule has 142 valence electrons. The summed E-state index contributed by atoms with van der Waals surface area (Å²) in [5, 5.41) is 15.4. The second-order valence-electron chi connectivity index (χ2n) is 7.09. The van der Waals surface area contributed by atoms with E-state index in [0.29, 0.717) is 5.17 Å². The number of rotatable bonds is 2. The average Bonchev–Trinajstić information content (AvgIpc) is 3.12. The number of hydrogen-bond acceptors (Lipinski definition) is 4. The molecule has 6 nitrogen and oxygen atoms in total. The molecule has 1 N–H and O–H groups in total. The van der Waals surface area contributed by atoms with E-state index in [-0.39, 0.29) is 11.4 Å². The van der Waals surface area contributed by atoms with Crippen molar-refractivity contribution in [2.45, 2.75) is 34.6 Å². The maximum absolute atomic E-state index is 12.5. The summed E-state index contributed by atoms with van der Waals surface area (Å²) in [7, 11) is 0. The normalized spacial score (nSPS) is 17.9. The largest absolute Gasteiger partial charge is 0.318 e. The Balaban J connectivity index is 1.79. The fourth-order valence-electron chi connectivity index (χ4n) is 3.60. The lowest BCUT2D eigenvalue weighted by atomic mass is 10.1. The Morgan fingerprint density at radius 2 is 1.86 bits per heavy atom. The summed E-state index contributed by atoms with van der Waals surface area (Å²) in [6.07, 6.45) is 1.75. The number of aryl methyl sites for hydroxylation is 3. The van der Waals surface area contributed by atoms with Gasteiger partial charge in [0.1, 0.15) is 0 Å². The van der Waals surface area contributed by atoms with Gasteiger partial charge >= 0.3 is 0 Å². The van der Waals surface area contributed by atoms with Gasteiger partial charge in [-0.25, -0.2) is 0 Å². The molecule has 0 fully saturated rings. The Morgan fingerprint density at radius 1 is 1.11 bits per heavy atom. The predicted octanol–water partition coefficient (Wildman–Crippen LogP) is 4.35. The zero-order valence-electron chi connectivity index (χ0n) is 16.5. The maximum atomic E-state index is 12.5. The van der Waals surface area contributed by atoms with Crippen molar-refractivity contribution in [3.63, 3.8) is 0 Å². The third-order valence-corrected chi connectivity index (χ3v) is 5.74. The number of nitrogens with zero attached hydrogens (tertiary/aromatic N) is 4. The van der Waals surface area contributed by atoms with E-state index in [1.807, 2.05) is 26.8 Å². The van der Waals surface area contributed by atoms with Crippen LogP contribution in [0.1, 0.15) is 35.0 Å². The number of hydrazone groups is 1. The summed E-state index contributed by atoms with van der Waals surface area (Å²) in [6.45, 7) is 10.1. The molecular weight excluding hydrogens is 370 g/mol. The van der Waals surface area contributed by atoms with E-state index in [0.717, 1.165) is 27.7 Å². The van der Waals surface area contributed by atoms with Crippen LogP contribution in [0.5, 0.6) is 0 Å². The summed E-state index contributed by atoms with van der Waals surface area (Å²) in [5.74, 6) is -0.333. The van der Waals surface area contributed by atoms with E-state index in [9.17, 15) is 4.79 Å². The van der Waals surface area contributed by atoms with Crippen molar-refractivity contribution < 1.29 is 4.79 Å². The molecule has 7 heteroatoms. The van der Waals surface area contributed by atoms with Crippen molar-refractivity contribution in [3.8, 4) is 5.69 Å². The summed E-state index contributed by atoms with van der Waals surface area (Å²) < 4.78 is 2.18. The Kier molecular flexibility index (Phi) is 4.34. The zero-order chi connectivity index (χ0) is 20.2. The van der Waals surface area contributed by atoms with Crippen molar-refractivity contribution in [1.29, 1.82) is 5.41 Å². The van der Waals surface area contributed by atoms with Crippen molar-refractivity contribution in [2.75, 3.05) is 0 Å². The first kappa shape index (κ1) is 18.4. The summed E-state index contributed by atoms with van der Waals surface area (Å²) >= 11 is 1.31. The molecule has 1 aromatic carbocycles. The van der Waals surface area contributed by atoms with Gasteiger partial charge in [-0.2, -0.15) is 15.1 Å². The standard InChI is InChI=1S/C21H21N5OS/c1-11-6-7-18(12(2)8-11)25-13(3)9-16(14(25)4)10-17-19(22)26-21(23-20(17)27)28-15(5)24-26/h6-10,22H,1-5H3. The number of thioether (sulfide) groups is 1. The highest BCUT2D eigenvalue weighted by molar-refractivity contribution is 8.26. The summed E-state index contributed by atoms with van der Waals surface area (Å²) in [6, 6.07) is 8.41. The van der Waals surface area contributed by atoms with Gasteiger partial charge in [-0.1, -0.05) is 17.7 Å². The highest BCUT2D eigenvalue weighted by atomic mass is 32.2. The first-order valence-electron chi connectivity index (χ1n) is 8.99. The highest BCUT2D eigenvalue weighted by Crippen LogP contribution is 2.30. The number of benzene rings is 1. The lowest BCUT2D eigenvalue weighted by molar-refractivity contribution is -0.114. The highest BCUT2D eigenvalue weighted by Gasteiger charge is 2.34. The second-order valence-corrected chi connectivity index (χ2v) is 8.25. The smallest absolute Gasteiger partial charge is 0.283 e. The topological polar surface area (TPSA) is 73.8 Å². The number of amides is 1. The van der Waals surface area contributed by atoms with E-state index in [4.69, 9.17) is 5.41 Å². The third-order valence-electron chi connectivity index (χ3n) is 4.92. The van der Waals surface area contributed by atoms with Crippen LogP contribution in [0.15, 0.2) is 39.9 Å². The van der Waals surface area contributed by atoms with Gasteiger partial charge in [-0.15, -0.1) is 0 Å². The van der Waals surface area contributed by atoms with Gasteiger partial charge in [0.25, 0.3) is 5.91 Å². The fraction of sp³-hybridized carbons (Fsp3) is 0.238. The summed E-state index contributed by atoms with van der Waals surface area (Å²) in [5.41, 5.74) is 6.77. The molecule has 1 aromatic heterocycles. The number of nitrogens with one attached hydrogen (secondary N) is 1. The van der Waals surface area contributed by atoms with E-state index in [1.54, 1.807) is 6.08 Å². The van der Waals surface area contributed by atoms with Crippen molar-refractivity contribution in [3.05, 3.63) is 57.9 Å². The van der Waals surface area contributed by atoms with Crippen molar-refractivity contribution >= 4 is 39.8 Å². The molecule has 0 radical (unpaired) electrons. The molecule has 28 heavy (non-hydrogen) atoms. The van der Waals surface area contributed by atoms with Crippen molar-refractivity contribution in [1.82, 2.24) is 9.58 Å². The monoisotopic (exact) mass is 391 g/mol. The van der Waals surface area contributed by atoms with Crippen LogP contribution in [0, 0.1) is 33.1 Å². The van der Waals surface area contributed by atoms with E-state index in [1.165, 1.54) is 27.9 Å². The molecule has 3 heterocycles. The number of hydrogen-bond donors (Lipinski definition) is 1. The zero-order valence-corrected chi connectivity index (χ0v) is 17.3. The number of carbonyl (C=O) groups is 1. The Labute approximate surface area is 168 Å². The molecule has 2 aliphatic heterocycles. The number of aromatic nitrogens is 1. The minimum Gasteiger partial charge on any atom is -0.318 e. The number of aliphatic imine (C=N–C) groups is 1. The van der Waals surface area contributed by atoms with E-state index >= 15 is 0 Å². The van der Waals surface area contributed by atoms with Gasteiger partial charge in [0.05, 0.1) is 10.6 Å². The Hall–Kier alpha value is -2.93.